The van der Waals surface area contributed by atoms with Crippen LogP contribution in [0.1, 0.15) is 11.1 Å². The van der Waals surface area contributed by atoms with E-state index in [0.717, 1.165) is 15.6 Å². The lowest BCUT2D eigenvalue weighted by molar-refractivity contribution is 0.299. The number of aliphatic hydroxyl groups excluding tert-OH is 1. The largest absolute Gasteiger partial charge is 0.396 e. The third-order valence-corrected chi connectivity index (χ3v) is 2.26. The molecule has 0 saturated carbocycles. The van der Waals surface area contributed by atoms with Crippen LogP contribution in [0, 0.1) is 0 Å². The van der Waals surface area contributed by atoms with Crippen molar-refractivity contribution in [2.75, 3.05) is 6.61 Å². The lowest BCUT2D eigenvalue weighted by atomic mass is 10.1. The first kappa shape index (κ1) is 16.3. The Hall–Kier alpha value is -0.130. The van der Waals surface area contributed by atoms with E-state index in [0.29, 0.717) is 13.0 Å². The van der Waals surface area contributed by atoms with Gasteiger partial charge in [0, 0.05) is 17.6 Å². The Bertz CT molecular complexity index is 271. The molecule has 6 N–H and O–H groups in total. The van der Waals surface area contributed by atoms with Gasteiger partial charge in [0.2, 0.25) is 0 Å². The average molecular weight is 284 g/mol. The van der Waals surface area contributed by atoms with E-state index in [1.165, 1.54) is 0 Å². The molecule has 0 saturated heterocycles. The normalized spacial score (nSPS) is 8.79. The van der Waals surface area contributed by atoms with Gasteiger partial charge in [-0.1, -0.05) is 22.0 Å². The Kier molecular flexibility index (Phi) is 9.55. The van der Waals surface area contributed by atoms with E-state index in [-0.39, 0.29) is 25.2 Å². The predicted octanol–water partition coefficient (Wildman–Crippen LogP) is 2.03. The highest BCUT2D eigenvalue weighted by molar-refractivity contribution is 9.10. The maximum absolute atomic E-state index is 8.76. The van der Waals surface area contributed by atoms with Crippen LogP contribution in [-0.4, -0.2) is 11.7 Å². The number of benzene rings is 1. The maximum atomic E-state index is 8.76. The first-order chi connectivity index (χ1) is 5.77. The molecule has 0 aliphatic carbocycles. The Morgan fingerprint density at radius 2 is 1.93 bits per heavy atom. The summed E-state index contributed by atoms with van der Waals surface area (Å²) in [7, 11) is 0. The van der Waals surface area contributed by atoms with Crippen LogP contribution in [0.25, 0.3) is 0 Å². The fourth-order valence-electron chi connectivity index (χ4n) is 1.15. The van der Waals surface area contributed by atoms with Gasteiger partial charge in [-0.05, 0) is 29.7 Å². The van der Waals surface area contributed by atoms with Crippen molar-refractivity contribution in [2.24, 2.45) is 5.73 Å². The zero-order valence-electron chi connectivity index (χ0n) is 7.87. The molecule has 0 spiro atoms. The maximum Gasteiger partial charge on any atom is 0.0471 e. The highest BCUT2D eigenvalue weighted by Gasteiger charge is 2.00. The zero-order chi connectivity index (χ0) is 8.97. The number of nitrogens with two attached hydrogens (primary N) is 1. The summed E-state index contributed by atoms with van der Waals surface area (Å²) < 4.78 is 1.03. The zero-order valence-corrected chi connectivity index (χ0v) is 10.3. The van der Waals surface area contributed by atoms with Crippen LogP contribution in [0.5, 0.6) is 0 Å². The van der Waals surface area contributed by atoms with E-state index in [1.807, 2.05) is 18.2 Å². The van der Waals surface area contributed by atoms with Gasteiger partial charge < -0.3 is 17.0 Å². The Balaban J connectivity index is 0. The third kappa shape index (κ3) is 4.39. The summed E-state index contributed by atoms with van der Waals surface area (Å²) in [6, 6.07) is 5.94. The van der Waals surface area contributed by atoms with Gasteiger partial charge in [-0.2, -0.15) is 0 Å². The SMILES string of the molecule is Cl.N.NCc1cc(Br)ccc1CCO. The molecule has 0 aliphatic heterocycles. The van der Waals surface area contributed by atoms with Gasteiger partial charge in [-0.15, -0.1) is 12.4 Å². The van der Waals surface area contributed by atoms with Crippen molar-refractivity contribution < 1.29 is 5.11 Å². The Morgan fingerprint density at radius 1 is 1.29 bits per heavy atom. The lowest BCUT2D eigenvalue weighted by Crippen LogP contribution is -2.03. The van der Waals surface area contributed by atoms with Gasteiger partial charge in [-0.25, -0.2) is 0 Å². The van der Waals surface area contributed by atoms with Crippen molar-refractivity contribution in [3.63, 3.8) is 0 Å². The van der Waals surface area contributed by atoms with Crippen molar-refractivity contribution >= 4 is 28.3 Å². The molecule has 5 heteroatoms. The minimum Gasteiger partial charge on any atom is -0.396 e. The van der Waals surface area contributed by atoms with Gasteiger partial charge in [0.1, 0.15) is 0 Å². The summed E-state index contributed by atoms with van der Waals surface area (Å²) >= 11 is 3.37. The summed E-state index contributed by atoms with van der Waals surface area (Å²) in [5.74, 6) is 0. The topological polar surface area (TPSA) is 81.2 Å². The minimum absolute atomic E-state index is 0. The van der Waals surface area contributed by atoms with E-state index in [4.69, 9.17) is 10.8 Å². The molecule has 1 aromatic carbocycles. The molecule has 1 rings (SSSR count). The Labute approximate surface area is 98.8 Å². The summed E-state index contributed by atoms with van der Waals surface area (Å²) in [4.78, 5) is 0. The monoisotopic (exact) mass is 282 g/mol. The molecule has 0 bridgehead atoms. The van der Waals surface area contributed by atoms with Crippen molar-refractivity contribution in [1.29, 1.82) is 0 Å². The van der Waals surface area contributed by atoms with E-state index < -0.39 is 0 Å². The molecule has 3 nitrogen and oxygen atoms in total. The molecule has 0 heterocycles. The van der Waals surface area contributed by atoms with Gasteiger partial charge >= 0.3 is 0 Å². The molecule has 0 aromatic heterocycles. The molecule has 0 aliphatic rings. The molecule has 0 atom stereocenters. The lowest BCUT2D eigenvalue weighted by Gasteiger charge is -2.06. The second-order valence-electron chi connectivity index (χ2n) is 2.59. The summed E-state index contributed by atoms with van der Waals surface area (Å²) in [6.07, 6.45) is 0.680. The average Bonchev–Trinajstić information content (AvgIpc) is 2.08. The van der Waals surface area contributed by atoms with Gasteiger partial charge in [0.15, 0.2) is 0 Å². The number of halogens is 2. The molecule has 0 fully saturated rings. The van der Waals surface area contributed by atoms with Gasteiger partial charge in [-0.3, -0.25) is 0 Å². The van der Waals surface area contributed by atoms with Gasteiger partial charge in [0.05, 0.1) is 0 Å². The Morgan fingerprint density at radius 3 is 2.43 bits per heavy atom. The molecule has 1 aromatic rings. The number of rotatable bonds is 3. The summed E-state index contributed by atoms with van der Waals surface area (Å²) in [5, 5.41) is 8.76. The molecular formula is C9H16BrClN2O. The van der Waals surface area contributed by atoms with Gasteiger partial charge in [0.25, 0.3) is 0 Å². The molecule has 0 unspecified atom stereocenters. The van der Waals surface area contributed by atoms with Crippen LogP contribution in [0.15, 0.2) is 22.7 Å². The van der Waals surface area contributed by atoms with Crippen molar-refractivity contribution in [1.82, 2.24) is 6.15 Å². The molecule has 0 radical (unpaired) electrons. The van der Waals surface area contributed by atoms with Crippen LogP contribution in [0.2, 0.25) is 0 Å². The second kappa shape index (κ2) is 8.20. The smallest absolute Gasteiger partial charge is 0.0471 e. The first-order valence-electron chi connectivity index (χ1n) is 3.86. The van der Waals surface area contributed by atoms with Crippen molar-refractivity contribution in [3.05, 3.63) is 33.8 Å². The highest BCUT2D eigenvalue weighted by Crippen LogP contribution is 2.16. The summed E-state index contributed by atoms with van der Waals surface area (Å²) in [6.45, 7) is 0.698. The highest BCUT2D eigenvalue weighted by atomic mass is 79.9. The van der Waals surface area contributed by atoms with Crippen molar-refractivity contribution in [3.8, 4) is 0 Å². The van der Waals surface area contributed by atoms with E-state index in [2.05, 4.69) is 15.9 Å². The van der Waals surface area contributed by atoms with E-state index in [1.54, 1.807) is 0 Å². The van der Waals surface area contributed by atoms with Crippen LogP contribution in [-0.2, 0) is 13.0 Å². The number of aliphatic hydroxyl groups is 1. The molecule has 0 amide bonds. The molecular weight excluding hydrogens is 267 g/mol. The molecule has 82 valence electrons. The first-order valence-corrected chi connectivity index (χ1v) is 4.65. The second-order valence-corrected chi connectivity index (χ2v) is 3.51. The van der Waals surface area contributed by atoms with Crippen LogP contribution in [0.4, 0.5) is 0 Å². The standard InChI is InChI=1S/C9H12BrNO.ClH.H3N/c10-9-2-1-7(3-4-12)8(5-9)6-11;;/h1-2,5,12H,3-4,6,11H2;1H;1H3. The van der Waals surface area contributed by atoms with Crippen LogP contribution in [0.3, 0.4) is 0 Å². The third-order valence-electron chi connectivity index (χ3n) is 1.77. The van der Waals surface area contributed by atoms with Crippen molar-refractivity contribution in [2.45, 2.75) is 13.0 Å². The number of hydrogen-bond donors (Lipinski definition) is 3. The van der Waals surface area contributed by atoms with E-state index >= 15 is 0 Å². The van der Waals surface area contributed by atoms with E-state index in [9.17, 15) is 0 Å². The fourth-order valence-corrected chi connectivity index (χ4v) is 1.56. The number of hydrogen-bond acceptors (Lipinski definition) is 3. The minimum atomic E-state index is 0. The molecule has 14 heavy (non-hydrogen) atoms. The van der Waals surface area contributed by atoms with Crippen LogP contribution >= 0.6 is 28.3 Å². The summed E-state index contributed by atoms with van der Waals surface area (Å²) in [5.41, 5.74) is 7.77. The fraction of sp³-hybridized carbons (Fsp3) is 0.333. The van der Waals surface area contributed by atoms with Crippen LogP contribution < -0.4 is 11.9 Å². The predicted molar refractivity (Wildman–Crippen MR) is 65.1 cm³/mol. The quantitative estimate of drug-likeness (QED) is 0.794.